The van der Waals surface area contributed by atoms with Crippen LogP contribution in [-0.4, -0.2) is 23.5 Å². The number of carbonyl (C=O) groups excluding carboxylic acids is 1. The number of Topliss-reactive ketones (excluding diaryl/α,β-unsaturated/α-hetero) is 1. The van der Waals surface area contributed by atoms with Crippen molar-refractivity contribution in [2.75, 3.05) is 6.73 Å². The topological polar surface area (TPSA) is 38.8 Å². The first-order valence-corrected chi connectivity index (χ1v) is 10.2. The largest absolute Gasteiger partial charge is 0.478 e. The lowest BCUT2D eigenvalue weighted by atomic mass is 10.0. The number of nitrogens with zero attached hydrogens (tertiary/aromatic N) is 1. The Labute approximate surface area is 166 Å². The third-order valence-corrected chi connectivity index (χ3v) is 6.13. The van der Waals surface area contributed by atoms with Gasteiger partial charge >= 0.3 is 0 Å². The van der Waals surface area contributed by atoms with Gasteiger partial charge in [0.1, 0.15) is 18.2 Å². The fraction of sp³-hybridized carbons (Fsp3) is 0.318. The molecule has 2 heterocycles. The molecular weight excluding hydrogens is 406 g/mol. The first-order valence-electron chi connectivity index (χ1n) is 9.41. The molecule has 2 aliphatic heterocycles. The van der Waals surface area contributed by atoms with E-state index in [1.807, 2.05) is 36.4 Å². The van der Waals surface area contributed by atoms with E-state index in [0.717, 1.165) is 27.9 Å². The lowest BCUT2D eigenvalue weighted by Gasteiger charge is -2.33. The Morgan fingerprint density at radius 1 is 1.15 bits per heavy atom. The normalized spacial score (nSPS) is 21.1. The lowest BCUT2D eigenvalue weighted by Crippen LogP contribution is -2.39. The summed E-state index contributed by atoms with van der Waals surface area (Å²) in [6.45, 7) is 1.39. The highest BCUT2D eigenvalue weighted by Gasteiger charge is 2.35. The van der Waals surface area contributed by atoms with Crippen LogP contribution in [0.1, 0.15) is 47.2 Å². The molecule has 0 amide bonds. The molecule has 5 rings (SSSR count). The lowest BCUT2D eigenvalue weighted by molar-refractivity contribution is 0.0567. The van der Waals surface area contributed by atoms with Gasteiger partial charge in [-0.15, -0.1) is 0 Å². The maximum Gasteiger partial charge on any atom is 0.231 e. The van der Waals surface area contributed by atoms with Crippen LogP contribution < -0.4 is 9.47 Å². The predicted octanol–water partition coefficient (Wildman–Crippen LogP) is 5.16. The molecule has 0 radical (unpaired) electrons. The summed E-state index contributed by atoms with van der Waals surface area (Å²) in [4.78, 5) is 15.2. The fourth-order valence-corrected chi connectivity index (χ4v) is 4.64. The van der Waals surface area contributed by atoms with Gasteiger partial charge in [0, 0.05) is 17.1 Å². The minimum atomic E-state index is -0.0641. The quantitative estimate of drug-likeness (QED) is 0.622. The van der Waals surface area contributed by atoms with Gasteiger partial charge in [0.2, 0.25) is 5.78 Å². The number of allylic oxidation sites excluding steroid dienone is 1. The van der Waals surface area contributed by atoms with Crippen molar-refractivity contribution in [2.24, 2.45) is 0 Å². The maximum absolute atomic E-state index is 12.9. The van der Waals surface area contributed by atoms with E-state index < -0.39 is 0 Å². The molecule has 5 heteroatoms. The van der Waals surface area contributed by atoms with Crippen LogP contribution in [0.2, 0.25) is 0 Å². The predicted molar refractivity (Wildman–Crippen MR) is 107 cm³/mol. The first-order chi connectivity index (χ1) is 13.2. The zero-order chi connectivity index (χ0) is 18.4. The van der Waals surface area contributed by atoms with Crippen molar-refractivity contribution in [2.45, 2.75) is 38.3 Å². The van der Waals surface area contributed by atoms with Gasteiger partial charge in [0.25, 0.3) is 0 Å². The van der Waals surface area contributed by atoms with Gasteiger partial charge < -0.3 is 9.47 Å². The SMILES string of the molecule is O=C1/C(=C/c2cccc(Br)c2)Oc2c1ccc1c2CN(C2CCCC2)CO1. The average molecular weight is 426 g/mol. The first kappa shape index (κ1) is 17.0. The molecule has 27 heavy (non-hydrogen) atoms. The Bertz CT molecular complexity index is 947. The van der Waals surface area contributed by atoms with Crippen molar-refractivity contribution < 1.29 is 14.3 Å². The van der Waals surface area contributed by atoms with Crippen LogP contribution in [0, 0.1) is 0 Å². The molecule has 1 saturated carbocycles. The average Bonchev–Trinajstić information content (AvgIpc) is 3.31. The molecule has 4 nitrogen and oxygen atoms in total. The van der Waals surface area contributed by atoms with Crippen LogP contribution in [0.5, 0.6) is 11.5 Å². The monoisotopic (exact) mass is 425 g/mol. The molecule has 1 fully saturated rings. The molecular formula is C22H20BrNO3. The third kappa shape index (κ3) is 3.09. The summed E-state index contributed by atoms with van der Waals surface area (Å²) >= 11 is 3.47. The van der Waals surface area contributed by atoms with Crippen LogP contribution in [-0.2, 0) is 6.54 Å². The highest BCUT2D eigenvalue weighted by atomic mass is 79.9. The van der Waals surface area contributed by atoms with Crippen LogP contribution in [0.4, 0.5) is 0 Å². The molecule has 0 atom stereocenters. The number of fused-ring (bicyclic) bond motifs is 3. The number of hydrogen-bond acceptors (Lipinski definition) is 4. The van der Waals surface area contributed by atoms with Crippen LogP contribution in [0.3, 0.4) is 0 Å². The standard InChI is InChI=1S/C22H20BrNO3/c23-15-5-3-4-14(10-15)11-20-21(25)17-8-9-19-18(22(17)27-20)12-24(13-26-19)16-6-1-2-7-16/h3-5,8-11,16H,1-2,6-7,12-13H2/b20-11-. The number of rotatable bonds is 2. The number of carbonyl (C=O) groups is 1. The Hall–Kier alpha value is -2.11. The molecule has 0 aromatic heterocycles. The minimum absolute atomic E-state index is 0.0641. The summed E-state index contributed by atoms with van der Waals surface area (Å²) in [7, 11) is 0. The minimum Gasteiger partial charge on any atom is -0.478 e. The summed E-state index contributed by atoms with van der Waals surface area (Å²) in [5.74, 6) is 1.81. The third-order valence-electron chi connectivity index (χ3n) is 5.63. The Morgan fingerprint density at radius 3 is 2.81 bits per heavy atom. The van der Waals surface area contributed by atoms with Crippen molar-refractivity contribution in [3.8, 4) is 11.5 Å². The molecule has 0 saturated heterocycles. The Morgan fingerprint density at radius 2 is 2.00 bits per heavy atom. The number of ether oxygens (including phenoxy) is 2. The van der Waals surface area contributed by atoms with Gasteiger partial charge in [0.15, 0.2) is 5.76 Å². The van der Waals surface area contributed by atoms with Crippen molar-refractivity contribution in [1.82, 2.24) is 4.90 Å². The maximum atomic E-state index is 12.9. The van der Waals surface area contributed by atoms with E-state index in [4.69, 9.17) is 9.47 Å². The highest BCUT2D eigenvalue weighted by Crippen LogP contribution is 2.43. The molecule has 0 bridgehead atoms. The molecule has 0 N–H and O–H groups in total. The van der Waals surface area contributed by atoms with Crippen molar-refractivity contribution >= 4 is 27.8 Å². The summed E-state index contributed by atoms with van der Waals surface area (Å²) in [5.41, 5.74) is 2.56. The number of ketones is 1. The number of hydrogen-bond donors (Lipinski definition) is 0. The molecule has 3 aliphatic rings. The Kier molecular flexibility index (Phi) is 4.29. The fourth-order valence-electron chi connectivity index (χ4n) is 4.23. The van der Waals surface area contributed by atoms with E-state index in [9.17, 15) is 4.79 Å². The zero-order valence-electron chi connectivity index (χ0n) is 14.9. The number of benzene rings is 2. The molecule has 2 aromatic rings. The summed E-state index contributed by atoms with van der Waals surface area (Å²) < 4.78 is 13.0. The molecule has 0 unspecified atom stereocenters. The molecule has 1 aliphatic carbocycles. The van der Waals surface area contributed by atoms with Gasteiger partial charge in [-0.2, -0.15) is 0 Å². The van der Waals surface area contributed by atoms with Gasteiger partial charge in [-0.25, -0.2) is 0 Å². The van der Waals surface area contributed by atoms with Crippen LogP contribution in [0.15, 0.2) is 46.6 Å². The zero-order valence-corrected chi connectivity index (χ0v) is 16.5. The molecule has 2 aromatic carbocycles. The van der Waals surface area contributed by atoms with E-state index in [1.54, 1.807) is 6.08 Å². The van der Waals surface area contributed by atoms with Crippen LogP contribution in [0.25, 0.3) is 6.08 Å². The van der Waals surface area contributed by atoms with E-state index in [1.165, 1.54) is 25.7 Å². The van der Waals surface area contributed by atoms with Crippen molar-refractivity contribution in [1.29, 1.82) is 0 Å². The van der Waals surface area contributed by atoms with Gasteiger partial charge in [-0.1, -0.05) is 40.9 Å². The number of halogens is 1. The molecule has 138 valence electrons. The summed E-state index contributed by atoms with van der Waals surface area (Å²) in [6, 6.07) is 12.1. The van der Waals surface area contributed by atoms with Gasteiger partial charge in [0.05, 0.1) is 11.1 Å². The summed E-state index contributed by atoms with van der Waals surface area (Å²) in [5, 5.41) is 0. The van der Waals surface area contributed by atoms with E-state index >= 15 is 0 Å². The second-order valence-corrected chi connectivity index (χ2v) is 8.29. The van der Waals surface area contributed by atoms with Gasteiger partial charge in [-0.05, 0) is 48.7 Å². The van der Waals surface area contributed by atoms with Crippen molar-refractivity contribution in [3.63, 3.8) is 0 Å². The molecule has 0 spiro atoms. The second kappa shape index (κ2) is 6.80. The van der Waals surface area contributed by atoms with Crippen LogP contribution >= 0.6 is 15.9 Å². The highest BCUT2D eigenvalue weighted by molar-refractivity contribution is 9.10. The van der Waals surface area contributed by atoms with E-state index in [2.05, 4.69) is 20.8 Å². The van der Waals surface area contributed by atoms with E-state index in [0.29, 0.717) is 29.8 Å². The van der Waals surface area contributed by atoms with Crippen molar-refractivity contribution in [3.05, 3.63) is 63.3 Å². The summed E-state index contributed by atoms with van der Waals surface area (Å²) in [6.07, 6.45) is 6.83. The smallest absolute Gasteiger partial charge is 0.231 e. The Balaban J connectivity index is 1.47. The second-order valence-electron chi connectivity index (χ2n) is 7.37. The van der Waals surface area contributed by atoms with E-state index in [-0.39, 0.29) is 5.78 Å². The van der Waals surface area contributed by atoms with Gasteiger partial charge in [-0.3, -0.25) is 9.69 Å².